The Kier molecular flexibility index (Phi) is 9.74. The highest BCUT2D eigenvalue weighted by atomic mass is 32.1. The number of thiophene rings is 1. The number of pyridine rings is 1. The van der Waals surface area contributed by atoms with Gasteiger partial charge in [0.1, 0.15) is 22.3 Å². The Hall–Kier alpha value is -5.45. The molecule has 0 aliphatic rings. The van der Waals surface area contributed by atoms with E-state index < -0.39 is 48.0 Å². The number of carbonyl (C=O) groups excluding carboxylic acids is 2. The van der Waals surface area contributed by atoms with Gasteiger partial charge in [0.15, 0.2) is 6.61 Å². The fourth-order valence-electron chi connectivity index (χ4n) is 4.86. The number of aromatic nitrogens is 3. The number of benzene rings is 2. The molecule has 0 radical (unpaired) electrons. The number of urea groups is 1. The van der Waals surface area contributed by atoms with E-state index in [2.05, 4.69) is 20.6 Å². The van der Waals surface area contributed by atoms with Gasteiger partial charge in [0.2, 0.25) is 5.88 Å². The second kappa shape index (κ2) is 13.9. The van der Waals surface area contributed by atoms with Gasteiger partial charge in [0.05, 0.1) is 19.0 Å². The van der Waals surface area contributed by atoms with Crippen molar-refractivity contribution in [2.45, 2.75) is 13.1 Å². The summed E-state index contributed by atoms with van der Waals surface area (Å²) < 4.78 is 37.1. The molecular formula is C31H29F2N7O6S. The molecule has 4 N–H and O–H groups in total. The number of carbonyl (C=O) groups is 2. The molecule has 0 bridgehead atoms. The van der Waals surface area contributed by atoms with E-state index in [4.69, 9.17) is 10.5 Å². The number of anilines is 1. The van der Waals surface area contributed by atoms with Crippen LogP contribution >= 0.6 is 11.3 Å². The largest absolute Gasteiger partial charge is 0.468 e. The molecule has 0 atom stereocenters. The average molecular weight is 666 g/mol. The van der Waals surface area contributed by atoms with E-state index in [9.17, 15) is 28.0 Å². The number of hydrogen-bond donors (Lipinski definition) is 3. The molecule has 3 amide bonds. The first-order chi connectivity index (χ1) is 22.5. The Morgan fingerprint density at radius 2 is 1.68 bits per heavy atom. The maximum absolute atomic E-state index is 14.9. The summed E-state index contributed by atoms with van der Waals surface area (Å²) >= 11 is 1.11. The molecule has 0 fully saturated rings. The molecule has 0 spiro atoms. The number of nitrogens with two attached hydrogens (primary N) is 1. The van der Waals surface area contributed by atoms with Gasteiger partial charge in [-0.15, -0.1) is 11.3 Å². The van der Waals surface area contributed by atoms with E-state index in [1.807, 2.05) is 4.90 Å². The molecule has 16 heteroatoms. The van der Waals surface area contributed by atoms with Gasteiger partial charge in [-0.05, 0) is 55.6 Å². The van der Waals surface area contributed by atoms with Crippen molar-refractivity contribution in [3.8, 4) is 22.1 Å². The maximum atomic E-state index is 14.9. The van der Waals surface area contributed by atoms with Crippen LogP contribution in [0.1, 0.15) is 11.1 Å². The lowest BCUT2D eigenvalue weighted by Gasteiger charge is -2.15. The third-order valence-electron chi connectivity index (χ3n) is 6.82. The van der Waals surface area contributed by atoms with Crippen molar-refractivity contribution in [1.82, 2.24) is 24.5 Å². The van der Waals surface area contributed by atoms with Gasteiger partial charge in [-0.1, -0.05) is 24.3 Å². The van der Waals surface area contributed by atoms with Gasteiger partial charge in [-0.25, -0.2) is 28.4 Å². The van der Waals surface area contributed by atoms with E-state index in [-0.39, 0.29) is 34.0 Å². The number of hydroxylamine groups is 1. The van der Waals surface area contributed by atoms with Gasteiger partial charge < -0.3 is 20.7 Å². The number of nitrogens with one attached hydrogen (secondary N) is 2. The first-order valence-corrected chi connectivity index (χ1v) is 14.8. The van der Waals surface area contributed by atoms with Crippen molar-refractivity contribution in [2.24, 2.45) is 5.73 Å². The second-order valence-electron chi connectivity index (χ2n) is 10.5. The highest BCUT2D eigenvalue weighted by Crippen LogP contribution is 2.38. The van der Waals surface area contributed by atoms with Crippen molar-refractivity contribution in [3.63, 3.8) is 0 Å². The van der Waals surface area contributed by atoms with Gasteiger partial charge in [-0.3, -0.25) is 19.0 Å². The minimum absolute atomic E-state index is 0.0770. The molecule has 47 heavy (non-hydrogen) atoms. The average Bonchev–Trinajstić information content (AvgIpc) is 3.38. The molecule has 2 aromatic carbocycles. The molecular weight excluding hydrogens is 636 g/mol. The zero-order chi connectivity index (χ0) is 33.8. The van der Waals surface area contributed by atoms with Crippen LogP contribution in [0.25, 0.3) is 26.5 Å². The van der Waals surface area contributed by atoms with Crippen LogP contribution in [0.3, 0.4) is 0 Å². The number of fused-ring (bicyclic) bond motifs is 1. The summed E-state index contributed by atoms with van der Waals surface area (Å²) in [5.74, 6) is -2.71. The molecule has 244 valence electrons. The maximum Gasteiger partial charge on any atom is 0.343 e. The SMILES string of the molecule is CONC(=O)Nc1ccc(-c2sc3c(c2CN(C)C)c(=O)n(-c2cccc(OCC(N)=O)n2)c(=O)n3Cc2c(F)cccc2F)cc1. The van der Waals surface area contributed by atoms with Crippen LogP contribution in [-0.2, 0) is 22.7 Å². The minimum atomic E-state index is -0.905. The zero-order valence-corrected chi connectivity index (χ0v) is 26.2. The first kappa shape index (κ1) is 32.9. The number of halogens is 2. The van der Waals surface area contributed by atoms with Crippen molar-refractivity contribution >= 4 is 39.2 Å². The smallest absolute Gasteiger partial charge is 0.343 e. The quantitative estimate of drug-likeness (QED) is 0.181. The van der Waals surface area contributed by atoms with Crippen LogP contribution in [0.4, 0.5) is 19.3 Å². The van der Waals surface area contributed by atoms with Gasteiger partial charge in [0.25, 0.3) is 11.5 Å². The first-order valence-electron chi connectivity index (χ1n) is 14.0. The van der Waals surface area contributed by atoms with Crippen LogP contribution in [0, 0.1) is 11.6 Å². The topological polar surface area (TPSA) is 163 Å². The predicted molar refractivity (Wildman–Crippen MR) is 172 cm³/mol. The lowest BCUT2D eigenvalue weighted by Crippen LogP contribution is -2.39. The number of ether oxygens (including phenoxy) is 1. The highest BCUT2D eigenvalue weighted by molar-refractivity contribution is 7.22. The third-order valence-corrected chi connectivity index (χ3v) is 8.13. The minimum Gasteiger partial charge on any atom is -0.468 e. The van der Waals surface area contributed by atoms with Crippen molar-refractivity contribution in [1.29, 1.82) is 0 Å². The third kappa shape index (κ3) is 7.04. The summed E-state index contributed by atoms with van der Waals surface area (Å²) in [6, 6.07) is 13.8. The Balaban J connectivity index is 1.78. The van der Waals surface area contributed by atoms with Crippen molar-refractivity contribution in [2.75, 3.05) is 33.1 Å². The molecule has 0 saturated carbocycles. The van der Waals surface area contributed by atoms with E-state index in [0.29, 0.717) is 21.7 Å². The normalized spacial score (nSPS) is 11.2. The lowest BCUT2D eigenvalue weighted by molar-refractivity contribution is -0.120. The summed E-state index contributed by atoms with van der Waals surface area (Å²) in [5.41, 5.74) is 7.00. The summed E-state index contributed by atoms with van der Waals surface area (Å²) in [6.45, 7) is -0.777. The van der Waals surface area contributed by atoms with Gasteiger partial charge in [0, 0.05) is 28.7 Å². The van der Waals surface area contributed by atoms with E-state index in [1.165, 1.54) is 31.4 Å². The molecule has 3 aromatic heterocycles. The number of hydrogen-bond acceptors (Lipinski definition) is 9. The lowest BCUT2D eigenvalue weighted by atomic mass is 10.1. The molecule has 5 aromatic rings. The fourth-order valence-corrected chi connectivity index (χ4v) is 6.16. The van der Waals surface area contributed by atoms with Crippen LogP contribution in [-0.4, -0.2) is 58.8 Å². The summed E-state index contributed by atoms with van der Waals surface area (Å²) in [5, 5.41) is 2.75. The van der Waals surface area contributed by atoms with E-state index in [0.717, 1.165) is 32.6 Å². The van der Waals surface area contributed by atoms with Crippen LogP contribution in [0.2, 0.25) is 0 Å². The fraction of sp³-hybridized carbons (Fsp3) is 0.194. The Labute approximate surface area is 269 Å². The van der Waals surface area contributed by atoms with Crippen molar-refractivity contribution < 1.29 is 27.9 Å². The Morgan fingerprint density at radius 1 is 1.00 bits per heavy atom. The molecule has 0 saturated heterocycles. The molecule has 5 rings (SSSR count). The van der Waals surface area contributed by atoms with E-state index in [1.54, 1.807) is 38.4 Å². The zero-order valence-electron chi connectivity index (χ0n) is 25.4. The Bertz CT molecular complexity index is 2070. The van der Waals surface area contributed by atoms with Crippen LogP contribution < -0.4 is 32.5 Å². The molecule has 3 heterocycles. The van der Waals surface area contributed by atoms with Crippen molar-refractivity contribution in [3.05, 3.63) is 104 Å². The molecule has 0 aliphatic carbocycles. The van der Waals surface area contributed by atoms with Gasteiger partial charge in [-0.2, -0.15) is 4.98 Å². The number of primary amides is 1. The summed E-state index contributed by atoms with van der Waals surface area (Å²) in [6.07, 6.45) is 0. The molecule has 13 nitrogen and oxygen atoms in total. The summed E-state index contributed by atoms with van der Waals surface area (Å²) in [4.78, 5) is 63.1. The molecule has 0 aliphatic heterocycles. The van der Waals surface area contributed by atoms with Gasteiger partial charge >= 0.3 is 11.7 Å². The standard InChI is InChI=1S/C31H29F2N7O6S/c1-38(2)14-20-26-28(42)40(24-8-5-9-25(36-24)46-16-23(34)41)31(44)39(15-19-21(32)6-4-7-22(19)33)29(26)47-27(20)17-10-12-18(13-11-17)35-30(43)37-45-3/h4-13H,14-16H2,1-3H3,(H2,34,41)(H2,35,37,43). The summed E-state index contributed by atoms with van der Waals surface area (Å²) in [7, 11) is 4.91. The number of nitrogens with zero attached hydrogens (tertiary/aromatic N) is 4. The Morgan fingerprint density at radius 3 is 2.32 bits per heavy atom. The monoisotopic (exact) mass is 665 g/mol. The second-order valence-corrected chi connectivity index (χ2v) is 11.5. The van der Waals surface area contributed by atoms with Crippen LogP contribution in [0.5, 0.6) is 5.88 Å². The van der Waals surface area contributed by atoms with E-state index >= 15 is 0 Å². The number of amides is 3. The highest BCUT2D eigenvalue weighted by Gasteiger charge is 2.26. The van der Waals surface area contributed by atoms with Crippen LogP contribution in [0.15, 0.2) is 70.3 Å². The number of rotatable bonds is 11. The predicted octanol–water partition coefficient (Wildman–Crippen LogP) is 3.21. The molecule has 0 unspecified atom stereocenters.